The fourth-order valence-electron chi connectivity index (χ4n) is 2.10. The molecule has 0 unspecified atom stereocenters. The largest absolute Gasteiger partial charge is 0.497 e. The standard InChI is InChI=1S/C18H17N3O3/c1-21(18(23)14-8-6-13(11-19)7-9-14)12-17(22)20-15-4-3-5-16(10-15)24-2/h3-10H,12H2,1-2H3,(H,20,22). The summed E-state index contributed by atoms with van der Waals surface area (Å²) >= 11 is 0. The predicted molar refractivity (Wildman–Crippen MR) is 89.7 cm³/mol. The van der Waals surface area contributed by atoms with Crippen LogP contribution in [-0.2, 0) is 4.79 Å². The van der Waals surface area contributed by atoms with Gasteiger partial charge in [0.05, 0.1) is 25.3 Å². The number of rotatable bonds is 5. The molecule has 0 aliphatic heterocycles. The quantitative estimate of drug-likeness (QED) is 0.915. The van der Waals surface area contributed by atoms with E-state index in [1.165, 1.54) is 4.90 Å². The summed E-state index contributed by atoms with van der Waals surface area (Å²) < 4.78 is 5.09. The first-order valence-electron chi connectivity index (χ1n) is 7.23. The number of anilines is 1. The summed E-state index contributed by atoms with van der Waals surface area (Å²) in [7, 11) is 3.09. The second kappa shape index (κ2) is 7.79. The SMILES string of the molecule is COc1cccc(NC(=O)CN(C)C(=O)c2ccc(C#N)cc2)c1. The highest BCUT2D eigenvalue weighted by atomic mass is 16.5. The number of benzene rings is 2. The zero-order chi connectivity index (χ0) is 17.5. The van der Waals surface area contributed by atoms with Gasteiger partial charge in [0, 0.05) is 24.4 Å². The molecular weight excluding hydrogens is 306 g/mol. The van der Waals surface area contributed by atoms with Gasteiger partial charge in [-0.25, -0.2) is 0 Å². The Kier molecular flexibility index (Phi) is 5.53. The molecule has 122 valence electrons. The number of carbonyl (C=O) groups excluding carboxylic acids is 2. The van der Waals surface area contributed by atoms with Crippen LogP contribution in [0.2, 0.25) is 0 Å². The first-order valence-corrected chi connectivity index (χ1v) is 7.23. The van der Waals surface area contributed by atoms with E-state index >= 15 is 0 Å². The maximum absolute atomic E-state index is 12.3. The molecule has 0 spiro atoms. The van der Waals surface area contributed by atoms with Crippen molar-refractivity contribution >= 4 is 17.5 Å². The number of hydrogen-bond donors (Lipinski definition) is 1. The summed E-state index contributed by atoms with van der Waals surface area (Å²) in [6.07, 6.45) is 0. The number of methoxy groups -OCH3 is 1. The van der Waals surface area contributed by atoms with E-state index in [-0.39, 0.29) is 18.4 Å². The monoisotopic (exact) mass is 323 g/mol. The summed E-state index contributed by atoms with van der Waals surface area (Å²) in [5, 5.41) is 11.5. The van der Waals surface area contributed by atoms with Crippen LogP contribution in [0.5, 0.6) is 5.75 Å². The third-order valence-electron chi connectivity index (χ3n) is 3.34. The lowest BCUT2D eigenvalue weighted by Gasteiger charge is -2.17. The zero-order valence-electron chi connectivity index (χ0n) is 13.4. The molecule has 0 radical (unpaired) electrons. The molecular formula is C18H17N3O3. The van der Waals surface area contributed by atoms with Gasteiger partial charge in [-0.2, -0.15) is 5.26 Å². The Morgan fingerprint density at radius 1 is 1.21 bits per heavy atom. The molecule has 6 heteroatoms. The van der Waals surface area contributed by atoms with Crippen molar-refractivity contribution in [1.82, 2.24) is 4.90 Å². The summed E-state index contributed by atoms with van der Waals surface area (Å²) in [6.45, 7) is -0.0873. The first kappa shape index (κ1) is 17.0. The molecule has 2 aromatic rings. The van der Waals surface area contributed by atoms with Gasteiger partial charge in [-0.05, 0) is 36.4 Å². The van der Waals surface area contributed by atoms with Crippen molar-refractivity contribution in [1.29, 1.82) is 5.26 Å². The highest BCUT2D eigenvalue weighted by Crippen LogP contribution is 2.16. The van der Waals surface area contributed by atoms with E-state index in [0.29, 0.717) is 22.6 Å². The number of nitrogens with one attached hydrogen (secondary N) is 1. The minimum atomic E-state index is -0.312. The highest BCUT2D eigenvalue weighted by molar-refractivity contribution is 5.99. The Hall–Kier alpha value is -3.33. The number of amides is 2. The number of nitrogens with zero attached hydrogens (tertiary/aromatic N) is 2. The molecule has 6 nitrogen and oxygen atoms in total. The van der Waals surface area contributed by atoms with Crippen molar-refractivity contribution in [2.24, 2.45) is 0 Å². The third kappa shape index (κ3) is 4.34. The van der Waals surface area contributed by atoms with E-state index in [2.05, 4.69) is 5.32 Å². The van der Waals surface area contributed by atoms with E-state index in [1.807, 2.05) is 6.07 Å². The smallest absolute Gasteiger partial charge is 0.254 e. The number of ether oxygens (including phenoxy) is 1. The third-order valence-corrected chi connectivity index (χ3v) is 3.34. The molecule has 0 aromatic heterocycles. The molecule has 0 saturated carbocycles. The van der Waals surface area contributed by atoms with Crippen LogP contribution in [0.1, 0.15) is 15.9 Å². The van der Waals surface area contributed by atoms with Crippen molar-refractivity contribution < 1.29 is 14.3 Å². The van der Waals surface area contributed by atoms with Gasteiger partial charge >= 0.3 is 0 Å². The van der Waals surface area contributed by atoms with Crippen molar-refractivity contribution in [2.45, 2.75) is 0 Å². The van der Waals surface area contributed by atoms with Gasteiger partial charge in [0.15, 0.2) is 0 Å². The number of hydrogen-bond acceptors (Lipinski definition) is 4. The Morgan fingerprint density at radius 3 is 2.54 bits per heavy atom. The second-order valence-electron chi connectivity index (χ2n) is 5.13. The maximum Gasteiger partial charge on any atom is 0.254 e. The van der Waals surface area contributed by atoms with E-state index in [4.69, 9.17) is 10.00 Å². The van der Waals surface area contributed by atoms with Gasteiger partial charge in [-0.1, -0.05) is 6.07 Å². The molecule has 0 saturated heterocycles. The molecule has 24 heavy (non-hydrogen) atoms. The van der Waals surface area contributed by atoms with Gasteiger partial charge in [-0.3, -0.25) is 9.59 Å². The molecule has 2 rings (SSSR count). The molecule has 0 atom stereocenters. The van der Waals surface area contributed by atoms with Crippen LogP contribution in [-0.4, -0.2) is 37.4 Å². The van der Waals surface area contributed by atoms with Crippen LogP contribution in [0, 0.1) is 11.3 Å². The molecule has 1 N–H and O–H groups in total. The van der Waals surface area contributed by atoms with Crippen molar-refractivity contribution in [2.75, 3.05) is 26.0 Å². The lowest BCUT2D eigenvalue weighted by molar-refractivity contribution is -0.116. The molecule has 2 amide bonds. The summed E-state index contributed by atoms with van der Waals surface area (Å²) in [5.41, 5.74) is 1.49. The summed E-state index contributed by atoms with van der Waals surface area (Å²) in [5.74, 6) is 0.0304. The highest BCUT2D eigenvalue weighted by Gasteiger charge is 2.15. The first-order chi connectivity index (χ1) is 11.5. The van der Waals surface area contributed by atoms with Crippen molar-refractivity contribution in [3.05, 3.63) is 59.7 Å². The van der Waals surface area contributed by atoms with Gasteiger partial charge in [0.1, 0.15) is 5.75 Å². The van der Waals surface area contributed by atoms with Crippen LogP contribution in [0.15, 0.2) is 48.5 Å². The molecule has 0 bridgehead atoms. The van der Waals surface area contributed by atoms with Gasteiger partial charge in [-0.15, -0.1) is 0 Å². The fraction of sp³-hybridized carbons (Fsp3) is 0.167. The van der Waals surface area contributed by atoms with E-state index in [1.54, 1.807) is 62.7 Å². The van der Waals surface area contributed by atoms with Gasteiger partial charge < -0.3 is 15.0 Å². The molecule has 0 aliphatic carbocycles. The van der Waals surface area contributed by atoms with Crippen LogP contribution >= 0.6 is 0 Å². The van der Waals surface area contributed by atoms with Crippen LogP contribution in [0.3, 0.4) is 0 Å². The Balaban J connectivity index is 1.97. The normalized spacial score (nSPS) is 9.71. The van der Waals surface area contributed by atoms with Crippen LogP contribution < -0.4 is 10.1 Å². The van der Waals surface area contributed by atoms with E-state index in [0.717, 1.165) is 0 Å². The van der Waals surface area contributed by atoms with Crippen molar-refractivity contribution in [3.8, 4) is 11.8 Å². The number of likely N-dealkylation sites (N-methyl/N-ethyl adjacent to an activating group) is 1. The summed E-state index contributed by atoms with van der Waals surface area (Å²) in [4.78, 5) is 25.7. The lowest BCUT2D eigenvalue weighted by Crippen LogP contribution is -2.34. The lowest BCUT2D eigenvalue weighted by atomic mass is 10.1. The minimum Gasteiger partial charge on any atom is -0.497 e. The zero-order valence-corrected chi connectivity index (χ0v) is 13.4. The number of carbonyl (C=O) groups is 2. The topological polar surface area (TPSA) is 82.4 Å². The average molecular weight is 323 g/mol. The van der Waals surface area contributed by atoms with Crippen LogP contribution in [0.4, 0.5) is 5.69 Å². The van der Waals surface area contributed by atoms with E-state index in [9.17, 15) is 9.59 Å². The minimum absolute atomic E-state index is 0.0873. The maximum atomic E-state index is 12.3. The molecule has 0 fully saturated rings. The molecule has 2 aromatic carbocycles. The van der Waals surface area contributed by atoms with E-state index < -0.39 is 0 Å². The second-order valence-corrected chi connectivity index (χ2v) is 5.13. The number of nitriles is 1. The average Bonchev–Trinajstić information content (AvgIpc) is 2.61. The Morgan fingerprint density at radius 2 is 1.92 bits per heavy atom. The van der Waals surface area contributed by atoms with Gasteiger partial charge in [0.2, 0.25) is 5.91 Å². The Labute approximate surface area is 140 Å². The van der Waals surface area contributed by atoms with Crippen LogP contribution in [0.25, 0.3) is 0 Å². The fourth-order valence-corrected chi connectivity index (χ4v) is 2.10. The van der Waals surface area contributed by atoms with Gasteiger partial charge in [0.25, 0.3) is 5.91 Å². The molecule has 0 heterocycles. The molecule has 0 aliphatic rings. The van der Waals surface area contributed by atoms with Crippen molar-refractivity contribution in [3.63, 3.8) is 0 Å². The predicted octanol–water partition coefficient (Wildman–Crippen LogP) is 2.28. The summed E-state index contributed by atoms with van der Waals surface area (Å²) in [6, 6.07) is 15.2. The Bertz CT molecular complexity index is 779.